The number of urea groups is 1. The number of imidazole rings is 1. The lowest BCUT2D eigenvalue weighted by Gasteiger charge is -2.29. The van der Waals surface area contributed by atoms with Crippen molar-refractivity contribution in [2.24, 2.45) is 0 Å². The first-order chi connectivity index (χ1) is 11.6. The molecule has 2 N–H and O–H groups in total. The van der Waals surface area contributed by atoms with Crippen molar-refractivity contribution >= 4 is 6.03 Å². The van der Waals surface area contributed by atoms with Crippen molar-refractivity contribution < 1.29 is 9.18 Å². The van der Waals surface area contributed by atoms with Crippen molar-refractivity contribution in [3.63, 3.8) is 0 Å². The third-order valence-corrected chi connectivity index (χ3v) is 4.50. The summed E-state index contributed by atoms with van der Waals surface area (Å²) in [5.74, 6) is 0.761. The predicted molar refractivity (Wildman–Crippen MR) is 90.2 cm³/mol. The molecule has 1 aliphatic carbocycles. The maximum absolute atomic E-state index is 12.8. The van der Waals surface area contributed by atoms with Crippen LogP contribution in [0.25, 0.3) is 0 Å². The van der Waals surface area contributed by atoms with Crippen LogP contribution in [0.3, 0.4) is 0 Å². The van der Waals surface area contributed by atoms with Crippen LogP contribution in [0.1, 0.15) is 42.4 Å². The van der Waals surface area contributed by atoms with Gasteiger partial charge in [0.2, 0.25) is 0 Å². The van der Waals surface area contributed by atoms with E-state index in [0.29, 0.717) is 25.6 Å². The molecule has 5 nitrogen and oxygen atoms in total. The Morgan fingerprint density at radius 1 is 1.29 bits per heavy atom. The van der Waals surface area contributed by atoms with Gasteiger partial charge < -0.3 is 15.2 Å². The number of nitrogens with zero attached hydrogens (tertiary/aromatic N) is 2. The predicted octanol–water partition coefficient (Wildman–Crippen LogP) is 3.10. The van der Waals surface area contributed by atoms with Gasteiger partial charge in [-0.05, 0) is 43.9 Å². The van der Waals surface area contributed by atoms with Crippen LogP contribution in [0.4, 0.5) is 9.18 Å². The van der Waals surface area contributed by atoms with Crippen molar-refractivity contribution in [1.82, 2.24) is 20.2 Å². The number of hydrogen-bond acceptors (Lipinski definition) is 2. The molecular formula is C18H23FN4O. The fourth-order valence-corrected chi connectivity index (χ4v) is 2.96. The molecule has 0 aliphatic heterocycles. The van der Waals surface area contributed by atoms with Crippen LogP contribution < -0.4 is 10.6 Å². The first-order valence-corrected chi connectivity index (χ1v) is 8.42. The van der Waals surface area contributed by atoms with E-state index in [1.54, 1.807) is 12.1 Å². The molecule has 128 valence electrons. The SMILES string of the molecule is Cc1cnc(CCNC(=O)NCc2ccc(F)cc2)n1C1CCC1. The number of hydrogen-bond donors (Lipinski definition) is 2. The second-order valence-corrected chi connectivity index (χ2v) is 6.26. The molecule has 2 amide bonds. The van der Waals surface area contributed by atoms with Gasteiger partial charge >= 0.3 is 6.03 Å². The molecule has 6 heteroatoms. The lowest BCUT2D eigenvalue weighted by atomic mass is 9.92. The molecular weight excluding hydrogens is 307 g/mol. The molecule has 0 saturated heterocycles. The summed E-state index contributed by atoms with van der Waals surface area (Å²) in [5.41, 5.74) is 2.05. The van der Waals surface area contributed by atoms with Gasteiger partial charge in [-0.1, -0.05) is 12.1 Å². The smallest absolute Gasteiger partial charge is 0.315 e. The molecule has 1 aliphatic rings. The number of carbonyl (C=O) groups is 1. The lowest BCUT2D eigenvalue weighted by molar-refractivity contribution is 0.240. The van der Waals surface area contributed by atoms with Crippen LogP contribution in [0, 0.1) is 12.7 Å². The van der Waals surface area contributed by atoms with E-state index in [4.69, 9.17) is 0 Å². The summed E-state index contributed by atoms with van der Waals surface area (Å²) in [6.07, 6.45) is 6.34. The summed E-state index contributed by atoms with van der Waals surface area (Å²) in [6.45, 7) is 3.00. The molecule has 1 saturated carbocycles. The molecule has 0 atom stereocenters. The first-order valence-electron chi connectivity index (χ1n) is 8.42. The van der Waals surface area contributed by atoms with Gasteiger partial charge in [-0.25, -0.2) is 14.2 Å². The van der Waals surface area contributed by atoms with Crippen molar-refractivity contribution in [2.45, 2.75) is 45.2 Å². The molecule has 2 aromatic rings. The summed E-state index contributed by atoms with van der Waals surface area (Å²) in [7, 11) is 0. The van der Waals surface area contributed by atoms with E-state index in [1.807, 2.05) is 6.20 Å². The molecule has 1 fully saturated rings. The van der Waals surface area contributed by atoms with Crippen LogP contribution in [-0.4, -0.2) is 22.1 Å². The molecule has 1 heterocycles. The summed E-state index contributed by atoms with van der Waals surface area (Å²) < 4.78 is 15.1. The van der Waals surface area contributed by atoms with Crippen LogP contribution in [0.5, 0.6) is 0 Å². The Morgan fingerprint density at radius 2 is 2.04 bits per heavy atom. The number of halogens is 1. The average Bonchev–Trinajstić information content (AvgIpc) is 2.87. The van der Waals surface area contributed by atoms with E-state index in [1.165, 1.54) is 37.1 Å². The minimum Gasteiger partial charge on any atom is -0.338 e. The third kappa shape index (κ3) is 3.93. The monoisotopic (exact) mass is 330 g/mol. The van der Waals surface area contributed by atoms with E-state index < -0.39 is 0 Å². The highest BCUT2D eigenvalue weighted by atomic mass is 19.1. The highest BCUT2D eigenvalue weighted by Gasteiger charge is 2.23. The van der Waals surface area contributed by atoms with Gasteiger partial charge in [0, 0.05) is 37.4 Å². The van der Waals surface area contributed by atoms with Crippen LogP contribution >= 0.6 is 0 Å². The Morgan fingerprint density at radius 3 is 2.71 bits per heavy atom. The molecule has 0 spiro atoms. The van der Waals surface area contributed by atoms with Crippen molar-refractivity contribution in [3.8, 4) is 0 Å². The average molecular weight is 330 g/mol. The van der Waals surface area contributed by atoms with Crippen LogP contribution in [0.15, 0.2) is 30.5 Å². The standard InChI is InChI=1S/C18H23FN4O/c1-13-11-21-17(23(13)16-3-2-4-16)9-10-20-18(24)22-12-14-5-7-15(19)8-6-14/h5-8,11,16H,2-4,9-10,12H2,1H3,(H2,20,22,24). The minimum atomic E-state index is -0.277. The summed E-state index contributed by atoms with van der Waals surface area (Å²) in [5, 5.41) is 5.62. The third-order valence-electron chi connectivity index (χ3n) is 4.50. The molecule has 0 radical (unpaired) electrons. The number of aromatic nitrogens is 2. The Hall–Kier alpha value is -2.37. The van der Waals surface area contributed by atoms with Crippen molar-refractivity contribution in [1.29, 1.82) is 0 Å². The zero-order valence-electron chi connectivity index (χ0n) is 13.9. The number of rotatable bonds is 6. The second-order valence-electron chi connectivity index (χ2n) is 6.26. The van der Waals surface area contributed by atoms with Gasteiger partial charge in [0.25, 0.3) is 0 Å². The summed E-state index contributed by atoms with van der Waals surface area (Å²) >= 11 is 0. The Kier molecular flexibility index (Phi) is 5.13. The molecule has 0 bridgehead atoms. The van der Waals surface area contributed by atoms with Gasteiger partial charge in [-0.3, -0.25) is 0 Å². The van der Waals surface area contributed by atoms with Crippen molar-refractivity contribution in [2.75, 3.05) is 6.54 Å². The largest absolute Gasteiger partial charge is 0.338 e. The van der Waals surface area contributed by atoms with E-state index in [-0.39, 0.29) is 11.8 Å². The highest BCUT2D eigenvalue weighted by molar-refractivity contribution is 5.73. The van der Waals surface area contributed by atoms with E-state index in [2.05, 4.69) is 27.1 Å². The normalized spacial score (nSPS) is 14.2. The van der Waals surface area contributed by atoms with E-state index in [0.717, 1.165) is 11.4 Å². The summed E-state index contributed by atoms with van der Waals surface area (Å²) in [6, 6.07) is 6.45. The number of carbonyl (C=O) groups excluding carboxylic acids is 1. The first kappa shape index (κ1) is 16.5. The molecule has 3 rings (SSSR count). The number of aryl methyl sites for hydroxylation is 1. The molecule has 1 aromatic heterocycles. The highest BCUT2D eigenvalue weighted by Crippen LogP contribution is 2.33. The van der Waals surface area contributed by atoms with Gasteiger partial charge in [-0.2, -0.15) is 0 Å². The van der Waals surface area contributed by atoms with E-state index >= 15 is 0 Å². The molecule has 24 heavy (non-hydrogen) atoms. The number of nitrogens with one attached hydrogen (secondary N) is 2. The van der Waals surface area contributed by atoms with E-state index in [9.17, 15) is 9.18 Å². The molecule has 1 aromatic carbocycles. The molecule has 0 unspecified atom stereocenters. The van der Waals surface area contributed by atoms with Crippen LogP contribution in [-0.2, 0) is 13.0 Å². The second kappa shape index (κ2) is 7.47. The maximum atomic E-state index is 12.8. The van der Waals surface area contributed by atoms with Gasteiger partial charge in [0.1, 0.15) is 11.6 Å². The van der Waals surface area contributed by atoms with Gasteiger partial charge in [-0.15, -0.1) is 0 Å². The quantitative estimate of drug-likeness (QED) is 0.855. The Balaban J connectivity index is 1.43. The topological polar surface area (TPSA) is 59.0 Å². The van der Waals surface area contributed by atoms with Crippen molar-refractivity contribution in [3.05, 3.63) is 53.4 Å². The summed E-state index contributed by atoms with van der Waals surface area (Å²) in [4.78, 5) is 16.3. The zero-order valence-corrected chi connectivity index (χ0v) is 13.9. The zero-order chi connectivity index (χ0) is 16.9. The Labute approximate surface area is 141 Å². The minimum absolute atomic E-state index is 0.224. The lowest BCUT2D eigenvalue weighted by Crippen LogP contribution is -2.36. The Bertz CT molecular complexity index is 692. The van der Waals surface area contributed by atoms with Gasteiger partial charge in [0.15, 0.2) is 0 Å². The fraction of sp³-hybridized carbons (Fsp3) is 0.444. The number of amides is 2. The maximum Gasteiger partial charge on any atom is 0.315 e. The number of benzene rings is 1. The van der Waals surface area contributed by atoms with Gasteiger partial charge in [0.05, 0.1) is 0 Å². The van der Waals surface area contributed by atoms with Crippen LogP contribution in [0.2, 0.25) is 0 Å². The fourth-order valence-electron chi connectivity index (χ4n) is 2.96.